The molecule has 0 spiro atoms. The van der Waals surface area contributed by atoms with E-state index in [0.29, 0.717) is 29.1 Å². The van der Waals surface area contributed by atoms with Crippen molar-refractivity contribution in [2.24, 2.45) is 5.73 Å². The molecule has 118 valence electrons. The number of methoxy groups -OCH3 is 1. The van der Waals surface area contributed by atoms with E-state index in [0.717, 1.165) is 5.56 Å². The molecule has 0 amide bonds. The monoisotopic (exact) mass is 311 g/mol. The minimum Gasteiger partial charge on any atom is -0.464 e. The Morgan fingerprint density at radius 1 is 1.35 bits per heavy atom. The Hall–Kier alpha value is -2.93. The van der Waals surface area contributed by atoms with Gasteiger partial charge in [-0.25, -0.2) is 14.8 Å². The first-order valence-corrected chi connectivity index (χ1v) is 7.15. The Balaban J connectivity index is 1.80. The highest BCUT2D eigenvalue weighted by Crippen LogP contribution is 2.21. The van der Waals surface area contributed by atoms with Gasteiger partial charge in [0.2, 0.25) is 0 Å². The third-order valence-electron chi connectivity index (χ3n) is 3.55. The largest absolute Gasteiger partial charge is 0.464 e. The zero-order chi connectivity index (χ0) is 16.2. The van der Waals surface area contributed by atoms with E-state index in [2.05, 4.69) is 20.3 Å². The van der Waals surface area contributed by atoms with Gasteiger partial charge in [-0.3, -0.25) is 0 Å². The summed E-state index contributed by atoms with van der Waals surface area (Å²) in [4.78, 5) is 22.9. The first kappa shape index (κ1) is 15.0. The number of aromatic nitrogens is 3. The first-order chi connectivity index (χ1) is 11.2. The van der Waals surface area contributed by atoms with Gasteiger partial charge >= 0.3 is 5.97 Å². The van der Waals surface area contributed by atoms with E-state index in [1.807, 2.05) is 30.3 Å². The molecule has 2 aromatic heterocycles. The number of benzene rings is 1. The molecule has 7 heteroatoms. The highest BCUT2D eigenvalue weighted by Gasteiger charge is 2.14. The van der Waals surface area contributed by atoms with E-state index < -0.39 is 5.97 Å². The third kappa shape index (κ3) is 3.14. The molecule has 0 aliphatic rings. The van der Waals surface area contributed by atoms with Crippen LogP contribution in [0.2, 0.25) is 0 Å². The van der Waals surface area contributed by atoms with Crippen LogP contribution >= 0.6 is 0 Å². The van der Waals surface area contributed by atoms with Crippen molar-refractivity contribution in [2.75, 3.05) is 19.0 Å². The van der Waals surface area contributed by atoms with Gasteiger partial charge in [-0.1, -0.05) is 30.3 Å². The van der Waals surface area contributed by atoms with Crippen LogP contribution in [0.4, 0.5) is 5.82 Å². The Kier molecular flexibility index (Phi) is 4.20. The maximum Gasteiger partial charge on any atom is 0.354 e. The van der Waals surface area contributed by atoms with Crippen molar-refractivity contribution in [2.45, 2.75) is 6.04 Å². The van der Waals surface area contributed by atoms with Crippen LogP contribution in [0.15, 0.2) is 42.7 Å². The Bertz CT molecular complexity index is 816. The number of esters is 1. The summed E-state index contributed by atoms with van der Waals surface area (Å²) in [6, 6.07) is 11.3. The SMILES string of the molecule is COC(=O)c1cc2c(NCC(N)c3ccccc3)ncnc2[nH]1. The number of hydrogen-bond acceptors (Lipinski definition) is 6. The number of hydrogen-bond donors (Lipinski definition) is 3. The van der Waals surface area contributed by atoms with Crippen LogP contribution in [0.3, 0.4) is 0 Å². The number of nitrogens with zero attached hydrogens (tertiary/aromatic N) is 2. The Morgan fingerprint density at radius 3 is 2.87 bits per heavy atom. The van der Waals surface area contributed by atoms with Crippen molar-refractivity contribution in [3.05, 3.63) is 54.0 Å². The molecule has 0 aliphatic heterocycles. The van der Waals surface area contributed by atoms with E-state index in [1.54, 1.807) is 6.07 Å². The molecular weight excluding hydrogens is 294 g/mol. The number of nitrogens with one attached hydrogen (secondary N) is 2. The molecular formula is C16H17N5O2. The number of ether oxygens (including phenoxy) is 1. The molecule has 0 fully saturated rings. The minimum absolute atomic E-state index is 0.166. The fourth-order valence-corrected chi connectivity index (χ4v) is 2.33. The minimum atomic E-state index is -0.449. The normalized spacial score (nSPS) is 12.1. The van der Waals surface area contributed by atoms with Crippen molar-refractivity contribution in [1.29, 1.82) is 0 Å². The molecule has 7 nitrogen and oxygen atoms in total. The van der Waals surface area contributed by atoms with Gasteiger partial charge in [0, 0.05) is 12.6 Å². The third-order valence-corrected chi connectivity index (χ3v) is 3.55. The Morgan fingerprint density at radius 2 is 2.13 bits per heavy atom. The predicted octanol–water partition coefficient (Wildman–Crippen LogP) is 1.86. The number of H-pyrrole nitrogens is 1. The van der Waals surface area contributed by atoms with Gasteiger partial charge in [-0.2, -0.15) is 0 Å². The molecule has 0 bridgehead atoms. The molecule has 23 heavy (non-hydrogen) atoms. The number of aromatic amines is 1. The highest BCUT2D eigenvalue weighted by atomic mass is 16.5. The van der Waals surface area contributed by atoms with Gasteiger partial charge in [0.25, 0.3) is 0 Å². The summed E-state index contributed by atoms with van der Waals surface area (Å²) in [5.74, 6) is 0.169. The summed E-state index contributed by atoms with van der Waals surface area (Å²) in [5.41, 5.74) is 8.11. The number of nitrogens with two attached hydrogens (primary N) is 1. The maximum atomic E-state index is 11.6. The van der Waals surface area contributed by atoms with Crippen LogP contribution in [0.1, 0.15) is 22.1 Å². The second-order valence-electron chi connectivity index (χ2n) is 5.06. The average molecular weight is 311 g/mol. The van der Waals surface area contributed by atoms with Crippen LogP contribution in [-0.4, -0.2) is 34.6 Å². The van der Waals surface area contributed by atoms with Gasteiger partial charge in [-0.15, -0.1) is 0 Å². The molecule has 1 atom stereocenters. The summed E-state index contributed by atoms with van der Waals surface area (Å²) in [7, 11) is 1.33. The van der Waals surface area contributed by atoms with Crippen molar-refractivity contribution in [1.82, 2.24) is 15.0 Å². The zero-order valence-electron chi connectivity index (χ0n) is 12.6. The molecule has 0 saturated carbocycles. The smallest absolute Gasteiger partial charge is 0.354 e. The van der Waals surface area contributed by atoms with E-state index >= 15 is 0 Å². The van der Waals surface area contributed by atoms with Crippen LogP contribution < -0.4 is 11.1 Å². The summed E-state index contributed by atoms with van der Waals surface area (Å²) in [6.45, 7) is 0.509. The van der Waals surface area contributed by atoms with Crippen LogP contribution in [0, 0.1) is 0 Å². The van der Waals surface area contributed by atoms with Gasteiger partial charge in [0.05, 0.1) is 12.5 Å². The topological polar surface area (TPSA) is 106 Å². The van der Waals surface area contributed by atoms with Gasteiger partial charge in [-0.05, 0) is 11.6 Å². The zero-order valence-corrected chi connectivity index (χ0v) is 12.6. The molecule has 0 aliphatic carbocycles. The van der Waals surface area contributed by atoms with Crippen LogP contribution in [0.5, 0.6) is 0 Å². The highest BCUT2D eigenvalue weighted by molar-refractivity contribution is 5.97. The first-order valence-electron chi connectivity index (χ1n) is 7.15. The summed E-state index contributed by atoms with van der Waals surface area (Å²) in [6.07, 6.45) is 1.43. The molecule has 2 heterocycles. The standard InChI is InChI=1S/C16H17N5O2/c1-23-16(22)13-7-11-14(19-9-20-15(11)21-13)18-8-12(17)10-5-3-2-4-6-10/h2-7,9,12H,8,17H2,1H3,(H2,18,19,20,21). The number of rotatable bonds is 5. The van der Waals surface area contributed by atoms with Gasteiger partial charge < -0.3 is 20.8 Å². The lowest BCUT2D eigenvalue weighted by Crippen LogP contribution is -2.21. The molecule has 3 rings (SSSR count). The van der Waals surface area contributed by atoms with Crippen LogP contribution in [-0.2, 0) is 4.74 Å². The van der Waals surface area contributed by atoms with Crippen molar-refractivity contribution in [3.8, 4) is 0 Å². The lowest BCUT2D eigenvalue weighted by molar-refractivity contribution is 0.0595. The number of anilines is 1. The summed E-state index contributed by atoms with van der Waals surface area (Å²) < 4.78 is 4.70. The van der Waals surface area contributed by atoms with Gasteiger partial charge in [0.1, 0.15) is 23.5 Å². The van der Waals surface area contributed by atoms with Gasteiger partial charge in [0.15, 0.2) is 0 Å². The molecule has 1 unspecified atom stereocenters. The molecule has 0 saturated heterocycles. The number of carbonyl (C=O) groups excluding carboxylic acids is 1. The van der Waals surface area contributed by atoms with Crippen molar-refractivity contribution >= 4 is 22.8 Å². The lowest BCUT2D eigenvalue weighted by Gasteiger charge is -2.13. The van der Waals surface area contributed by atoms with E-state index in [-0.39, 0.29) is 6.04 Å². The number of carbonyl (C=O) groups is 1. The quantitative estimate of drug-likeness (QED) is 0.621. The van der Waals surface area contributed by atoms with Crippen molar-refractivity contribution < 1.29 is 9.53 Å². The summed E-state index contributed by atoms with van der Waals surface area (Å²) >= 11 is 0. The van der Waals surface area contributed by atoms with Crippen LogP contribution in [0.25, 0.3) is 11.0 Å². The second kappa shape index (κ2) is 6.45. The Labute approximate surface area is 132 Å². The lowest BCUT2D eigenvalue weighted by atomic mass is 10.1. The fourth-order valence-electron chi connectivity index (χ4n) is 2.33. The van der Waals surface area contributed by atoms with Crippen molar-refractivity contribution in [3.63, 3.8) is 0 Å². The predicted molar refractivity (Wildman–Crippen MR) is 87.1 cm³/mol. The molecule has 1 aromatic carbocycles. The molecule has 0 radical (unpaired) electrons. The molecule has 4 N–H and O–H groups in total. The van der Waals surface area contributed by atoms with E-state index in [9.17, 15) is 4.79 Å². The summed E-state index contributed by atoms with van der Waals surface area (Å²) in [5, 5.41) is 3.92. The second-order valence-corrected chi connectivity index (χ2v) is 5.06. The maximum absolute atomic E-state index is 11.6. The average Bonchev–Trinajstić information content (AvgIpc) is 3.04. The van der Waals surface area contributed by atoms with E-state index in [1.165, 1.54) is 13.4 Å². The molecule has 3 aromatic rings. The van der Waals surface area contributed by atoms with E-state index in [4.69, 9.17) is 10.5 Å². The fraction of sp³-hybridized carbons (Fsp3) is 0.188. The number of fused-ring (bicyclic) bond motifs is 1.